The second-order valence-electron chi connectivity index (χ2n) is 3.90. The summed E-state index contributed by atoms with van der Waals surface area (Å²) in [7, 11) is 1.72. The summed E-state index contributed by atoms with van der Waals surface area (Å²) in [5.41, 5.74) is 0.440. The van der Waals surface area contributed by atoms with Crippen LogP contribution in [0.5, 0.6) is 0 Å². The van der Waals surface area contributed by atoms with Gasteiger partial charge < -0.3 is 10.0 Å². The SMILES string of the molecule is Cn1cc(C(=O)N2CCC[C@@H]2C(=O)O)cn1. The van der Waals surface area contributed by atoms with Crippen LogP contribution in [0.1, 0.15) is 23.2 Å². The number of nitrogens with zero attached hydrogens (tertiary/aromatic N) is 3. The van der Waals surface area contributed by atoms with Crippen LogP contribution in [-0.4, -0.2) is 44.3 Å². The molecule has 1 aromatic heterocycles. The van der Waals surface area contributed by atoms with Gasteiger partial charge in [-0.25, -0.2) is 4.79 Å². The summed E-state index contributed by atoms with van der Waals surface area (Å²) in [4.78, 5) is 24.3. The number of hydrogen-bond acceptors (Lipinski definition) is 3. The number of carboxylic acid groups (broad SMARTS) is 1. The summed E-state index contributed by atoms with van der Waals surface area (Å²) >= 11 is 0. The van der Waals surface area contributed by atoms with Crippen LogP contribution in [-0.2, 0) is 11.8 Å². The first kappa shape index (κ1) is 10.7. The molecule has 16 heavy (non-hydrogen) atoms. The number of carbonyl (C=O) groups is 2. The van der Waals surface area contributed by atoms with Gasteiger partial charge in [0.15, 0.2) is 0 Å². The highest BCUT2D eigenvalue weighted by atomic mass is 16.4. The van der Waals surface area contributed by atoms with E-state index in [0.717, 1.165) is 6.42 Å². The van der Waals surface area contributed by atoms with Crippen molar-refractivity contribution in [1.82, 2.24) is 14.7 Å². The number of aliphatic carboxylic acids is 1. The van der Waals surface area contributed by atoms with Gasteiger partial charge in [-0.1, -0.05) is 0 Å². The minimum atomic E-state index is -0.935. The fourth-order valence-electron chi connectivity index (χ4n) is 1.96. The summed E-state index contributed by atoms with van der Waals surface area (Å²) < 4.78 is 1.53. The molecule has 86 valence electrons. The van der Waals surface area contributed by atoms with Crippen LogP contribution in [0.3, 0.4) is 0 Å². The Balaban J connectivity index is 2.18. The third-order valence-corrected chi connectivity index (χ3v) is 2.75. The van der Waals surface area contributed by atoms with Crippen molar-refractivity contribution in [3.8, 4) is 0 Å². The molecular weight excluding hydrogens is 210 g/mol. The van der Waals surface area contributed by atoms with Crippen LogP contribution in [0.2, 0.25) is 0 Å². The summed E-state index contributed by atoms with van der Waals surface area (Å²) in [6.07, 6.45) is 4.32. The van der Waals surface area contributed by atoms with Gasteiger partial charge in [-0.15, -0.1) is 0 Å². The average molecular weight is 223 g/mol. The van der Waals surface area contributed by atoms with Crippen LogP contribution in [0.4, 0.5) is 0 Å². The molecule has 1 aliphatic heterocycles. The Morgan fingerprint density at radius 3 is 2.88 bits per heavy atom. The van der Waals surface area contributed by atoms with Gasteiger partial charge in [0.25, 0.3) is 5.91 Å². The predicted molar refractivity (Wildman–Crippen MR) is 54.9 cm³/mol. The number of amides is 1. The van der Waals surface area contributed by atoms with Crippen molar-refractivity contribution < 1.29 is 14.7 Å². The maximum Gasteiger partial charge on any atom is 0.326 e. The third kappa shape index (κ3) is 1.78. The van der Waals surface area contributed by atoms with E-state index in [1.807, 2.05) is 0 Å². The lowest BCUT2D eigenvalue weighted by atomic mass is 10.2. The molecular formula is C10H13N3O3. The zero-order chi connectivity index (χ0) is 11.7. The molecule has 0 aliphatic carbocycles. The molecule has 0 bridgehead atoms. The molecule has 0 saturated carbocycles. The molecule has 2 heterocycles. The molecule has 1 aromatic rings. The van der Waals surface area contributed by atoms with E-state index >= 15 is 0 Å². The maximum atomic E-state index is 12.0. The van der Waals surface area contributed by atoms with E-state index in [-0.39, 0.29) is 5.91 Å². The molecule has 0 unspecified atom stereocenters. The van der Waals surface area contributed by atoms with Gasteiger partial charge in [-0.05, 0) is 12.8 Å². The minimum Gasteiger partial charge on any atom is -0.480 e. The zero-order valence-corrected chi connectivity index (χ0v) is 8.96. The monoisotopic (exact) mass is 223 g/mol. The van der Waals surface area contributed by atoms with Gasteiger partial charge in [0.2, 0.25) is 0 Å². The van der Waals surface area contributed by atoms with Crippen LogP contribution in [0.25, 0.3) is 0 Å². The lowest BCUT2D eigenvalue weighted by Gasteiger charge is -2.20. The highest BCUT2D eigenvalue weighted by Gasteiger charge is 2.34. The molecule has 6 heteroatoms. The number of carbonyl (C=O) groups excluding carboxylic acids is 1. The van der Waals surface area contributed by atoms with Crippen LogP contribution >= 0.6 is 0 Å². The Bertz CT molecular complexity index is 427. The van der Waals surface area contributed by atoms with Crippen molar-refractivity contribution in [1.29, 1.82) is 0 Å². The van der Waals surface area contributed by atoms with Crippen LogP contribution in [0.15, 0.2) is 12.4 Å². The Hall–Kier alpha value is -1.85. The standard InChI is InChI=1S/C10H13N3O3/c1-12-6-7(5-11-12)9(14)13-4-2-3-8(13)10(15)16/h5-6,8H,2-4H2,1H3,(H,15,16)/t8-/m1/s1. The van der Waals surface area contributed by atoms with Crippen molar-refractivity contribution >= 4 is 11.9 Å². The topological polar surface area (TPSA) is 75.4 Å². The predicted octanol–water partition coefficient (Wildman–Crippen LogP) is 0.109. The normalized spacial score (nSPS) is 20.1. The van der Waals surface area contributed by atoms with Crippen molar-refractivity contribution in [2.45, 2.75) is 18.9 Å². The van der Waals surface area contributed by atoms with E-state index in [4.69, 9.17) is 5.11 Å². The molecule has 0 spiro atoms. The number of rotatable bonds is 2. The quantitative estimate of drug-likeness (QED) is 0.772. The smallest absolute Gasteiger partial charge is 0.326 e. The Morgan fingerprint density at radius 2 is 2.31 bits per heavy atom. The molecule has 1 aliphatic rings. The van der Waals surface area contributed by atoms with E-state index in [9.17, 15) is 9.59 Å². The van der Waals surface area contributed by atoms with Crippen LogP contribution in [0, 0.1) is 0 Å². The van der Waals surface area contributed by atoms with Gasteiger partial charge in [0.05, 0.1) is 11.8 Å². The molecule has 0 radical (unpaired) electrons. The van der Waals surface area contributed by atoms with E-state index in [1.54, 1.807) is 13.2 Å². The summed E-state index contributed by atoms with van der Waals surface area (Å²) in [6, 6.07) is -0.687. The van der Waals surface area contributed by atoms with E-state index < -0.39 is 12.0 Å². The fraction of sp³-hybridized carbons (Fsp3) is 0.500. The number of aromatic nitrogens is 2. The highest BCUT2D eigenvalue weighted by Crippen LogP contribution is 2.19. The first-order valence-corrected chi connectivity index (χ1v) is 5.12. The fourth-order valence-corrected chi connectivity index (χ4v) is 1.96. The summed E-state index contributed by atoms with van der Waals surface area (Å²) in [5, 5.41) is 12.9. The number of likely N-dealkylation sites (tertiary alicyclic amines) is 1. The minimum absolute atomic E-state index is 0.252. The molecule has 1 atom stereocenters. The van der Waals surface area contributed by atoms with Crippen molar-refractivity contribution in [3.63, 3.8) is 0 Å². The van der Waals surface area contributed by atoms with Gasteiger partial charge in [0, 0.05) is 19.8 Å². The average Bonchev–Trinajstić information content (AvgIpc) is 2.84. The number of hydrogen-bond donors (Lipinski definition) is 1. The molecule has 1 fully saturated rings. The molecule has 6 nitrogen and oxygen atoms in total. The maximum absolute atomic E-state index is 12.0. The molecule has 1 saturated heterocycles. The summed E-state index contributed by atoms with van der Waals surface area (Å²) in [6.45, 7) is 0.505. The number of aryl methyl sites for hydroxylation is 1. The highest BCUT2D eigenvalue weighted by molar-refractivity contribution is 5.96. The summed E-state index contributed by atoms with van der Waals surface area (Å²) in [5.74, 6) is -1.19. The van der Waals surface area contributed by atoms with Crippen molar-refractivity contribution in [2.24, 2.45) is 7.05 Å². The Kier molecular flexibility index (Phi) is 2.64. The lowest BCUT2D eigenvalue weighted by molar-refractivity contribution is -0.141. The van der Waals surface area contributed by atoms with Gasteiger partial charge >= 0.3 is 5.97 Å². The Labute approximate surface area is 92.5 Å². The molecule has 0 aromatic carbocycles. The number of carboxylic acids is 1. The third-order valence-electron chi connectivity index (χ3n) is 2.75. The largest absolute Gasteiger partial charge is 0.480 e. The van der Waals surface area contributed by atoms with Gasteiger partial charge in [-0.2, -0.15) is 5.10 Å². The first-order valence-electron chi connectivity index (χ1n) is 5.12. The second-order valence-corrected chi connectivity index (χ2v) is 3.90. The second kappa shape index (κ2) is 3.96. The van der Waals surface area contributed by atoms with Crippen molar-refractivity contribution in [3.05, 3.63) is 18.0 Å². The van der Waals surface area contributed by atoms with E-state index in [0.29, 0.717) is 18.5 Å². The molecule has 1 N–H and O–H groups in total. The lowest BCUT2D eigenvalue weighted by Crippen LogP contribution is -2.40. The van der Waals surface area contributed by atoms with Crippen molar-refractivity contribution in [2.75, 3.05) is 6.54 Å². The zero-order valence-electron chi connectivity index (χ0n) is 8.96. The van der Waals surface area contributed by atoms with Crippen LogP contribution < -0.4 is 0 Å². The molecule has 2 rings (SSSR count). The van der Waals surface area contributed by atoms with Gasteiger partial charge in [-0.3, -0.25) is 9.48 Å². The molecule has 1 amide bonds. The van der Waals surface area contributed by atoms with Gasteiger partial charge in [0.1, 0.15) is 6.04 Å². The van der Waals surface area contributed by atoms with E-state index in [1.165, 1.54) is 15.8 Å². The van der Waals surface area contributed by atoms with E-state index in [2.05, 4.69) is 5.10 Å². The Morgan fingerprint density at radius 1 is 1.56 bits per heavy atom. The first-order chi connectivity index (χ1) is 7.59.